The molecule has 1 aliphatic heterocycles. The van der Waals surface area contributed by atoms with Crippen molar-refractivity contribution in [2.45, 2.75) is 62.7 Å². The molecule has 0 bridgehead atoms. The largest absolute Gasteiger partial charge is 0.370 e. The van der Waals surface area contributed by atoms with Gasteiger partial charge in [0, 0.05) is 34.6 Å². The zero-order valence-electron chi connectivity index (χ0n) is 13.7. The molecule has 0 amide bonds. The second-order valence-corrected chi connectivity index (χ2v) is 8.98. The summed E-state index contributed by atoms with van der Waals surface area (Å²) in [5.41, 5.74) is 1.15. The Morgan fingerprint density at radius 1 is 1.29 bits per heavy atom. The van der Waals surface area contributed by atoms with Crippen molar-refractivity contribution in [3.05, 3.63) is 17.6 Å². The van der Waals surface area contributed by atoms with Crippen LogP contribution in [0, 0.1) is 0 Å². The van der Waals surface area contributed by atoms with Crippen LogP contribution in [0.1, 0.15) is 63.7 Å². The summed E-state index contributed by atoms with van der Waals surface area (Å²) in [6.45, 7) is 12.2. The zero-order valence-corrected chi connectivity index (χ0v) is 15.4. The molecule has 3 nitrogen and oxygen atoms in total. The maximum absolute atomic E-state index is 4.84. The fourth-order valence-corrected chi connectivity index (χ4v) is 5.03. The van der Waals surface area contributed by atoms with E-state index in [2.05, 4.69) is 46.0 Å². The van der Waals surface area contributed by atoms with Gasteiger partial charge in [-0.3, -0.25) is 0 Å². The lowest BCUT2D eigenvalue weighted by molar-refractivity contribution is 0.777. The first-order chi connectivity index (χ1) is 10.0. The average Bonchev–Trinajstić information content (AvgIpc) is 2.47. The van der Waals surface area contributed by atoms with Crippen molar-refractivity contribution in [1.82, 2.24) is 9.97 Å². The maximum Gasteiger partial charge on any atom is 0.144 e. The van der Waals surface area contributed by atoms with Gasteiger partial charge in [0.05, 0.1) is 5.25 Å². The number of aromatic nitrogens is 2. The summed E-state index contributed by atoms with van der Waals surface area (Å²) in [7, 11) is 0. The lowest BCUT2D eigenvalue weighted by Gasteiger charge is -2.30. The molecule has 2 heterocycles. The summed E-state index contributed by atoms with van der Waals surface area (Å²) in [5, 5.41) is 5.22. The quantitative estimate of drug-likeness (QED) is 0.848. The van der Waals surface area contributed by atoms with Crippen molar-refractivity contribution < 1.29 is 0 Å². The molecule has 1 aliphatic rings. The normalized spacial score (nSPS) is 26.1. The van der Waals surface area contributed by atoms with Gasteiger partial charge >= 0.3 is 0 Å². The van der Waals surface area contributed by atoms with Gasteiger partial charge in [-0.1, -0.05) is 34.6 Å². The number of hydrogen-bond donors (Lipinski definition) is 1. The summed E-state index contributed by atoms with van der Waals surface area (Å²) in [4.78, 5) is 9.62. The van der Waals surface area contributed by atoms with E-state index < -0.39 is 0 Å². The van der Waals surface area contributed by atoms with E-state index in [-0.39, 0.29) is 0 Å². The van der Waals surface area contributed by atoms with Crippen LogP contribution in [-0.2, 0) is 0 Å². The van der Waals surface area contributed by atoms with Crippen LogP contribution in [0.3, 0.4) is 0 Å². The van der Waals surface area contributed by atoms with Crippen LogP contribution < -0.4 is 5.32 Å². The van der Waals surface area contributed by atoms with Crippen LogP contribution in [0.2, 0.25) is 0 Å². The minimum Gasteiger partial charge on any atom is -0.370 e. The Morgan fingerprint density at radius 3 is 2.67 bits per heavy atom. The Balaban J connectivity index is 2.22. The number of anilines is 1. The minimum absolute atomic E-state index is 0.419. The summed E-state index contributed by atoms with van der Waals surface area (Å²) in [6, 6.07) is 2.11. The van der Waals surface area contributed by atoms with Gasteiger partial charge in [-0.15, -0.1) is 11.8 Å². The number of rotatable bonds is 5. The van der Waals surface area contributed by atoms with Gasteiger partial charge in [-0.2, -0.15) is 11.8 Å². The molecule has 1 saturated heterocycles. The highest BCUT2D eigenvalue weighted by molar-refractivity contribution is 8.07. The van der Waals surface area contributed by atoms with E-state index in [0.717, 1.165) is 41.3 Å². The lowest BCUT2D eigenvalue weighted by Crippen LogP contribution is -2.23. The van der Waals surface area contributed by atoms with E-state index in [9.17, 15) is 0 Å². The first kappa shape index (κ1) is 16.9. The molecular formula is C16H27N3S2. The molecule has 21 heavy (non-hydrogen) atoms. The minimum atomic E-state index is 0.419. The van der Waals surface area contributed by atoms with Gasteiger partial charge in [-0.05, 0) is 12.3 Å². The molecule has 5 heteroatoms. The fourth-order valence-electron chi connectivity index (χ4n) is 2.19. The van der Waals surface area contributed by atoms with Crippen molar-refractivity contribution in [3.8, 4) is 0 Å². The van der Waals surface area contributed by atoms with E-state index in [1.54, 1.807) is 0 Å². The van der Waals surface area contributed by atoms with E-state index in [1.165, 1.54) is 0 Å². The van der Waals surface area contributed by atoms with Crippen LogP contribution in [0.4, 0.5) is 5.82 Å². The average molecular weight is 326 g/mol. The number of hydrogen-bond acceptors (Lipinski definition) is 5. The highest BCUT2D eigenvalue weighted by Crippen LogP contribution is 2.43. The van der Waals surface area contributed by atoms with E-state index in [1.807, 2.05) is 23.5 Å². The van der Waals surface area contributed by atoms with Crippen LogP contribution in [0.15, 0.2) is 6.07 Å². The van der Waals surface area contributed by atoms with Gasteiger partial charge in [0.2, 0.25) is 0 Å². The van der Waals surface area contributed by atoms with Crippen LogP contribution >= 0.6 is 23.5 Å². The molecule has 0 radical (unpaired) electrons. The van der Waals surface area contributed by atoms with Gasteiger partial charge < -0.3 is 5.32 Å². The maximum atomic E-state index is 4.84. The Bertz CT molecular complexity index is 465. The van der Waals surface area contributed by atoms with Crippen molar-refractivity contribution >= 4 is 29.3 Å². The monoisotopic (exact) mass is 325 g/mol. The molecule has 1 fully saturated rings. The molecule has 1 aromatic rings. The van der Waals surface area contributed by atoms with Crippen molar-refractivity contribution in [2.75, 3.05) is 17.6 Å². The molecule has 3 atom stereocenters. The molecule has 1 aromatic heterocycles. The third-order valence-electron chi connectivity index (χ3n) is 3.75. The Kier molecular flexibility index (Phi) is 6.23. The van der Waals surface area contributed by atoms with Gasteiger partial charge in [0.25, 0.3) is 0 Å². The van der Waals surface area contributed by atoms with Crippen molar-refractivity contribution in [3.63, 3.8) is 0 Å². The predicted molar refractivity (Wildman–Crippen MR) is 96.6 cm³/mol. The Hall–Kier alpha value is -0.420. The smallest absolute Gasteiger partial charge is 0.144 e. The third-order valence-corrected chi connectivity index (χ3v) is 7.14. The summed E-state index contributed by atoms with van der Waals surface area (Å²) < 4.78 is 0. The van der Waals surface area contributed by atoms with E-state index in [0.29, 0.717) is 16.4 Å². The molecule has 0 aliphatic carbocycles. The second-order valence-electron chi connectivity index (χ2n) is 5.99. The van der Waals surface area contributed by atoms with Gasteiger partial charge in [-0.25, -0.2) is 9.97 Å². The molecule has 0 saturated carbocycles. The van der Waals surface area contributed by atoms with Crippen LogP contribution in [0.25, 0.3) is 0 Å². The molecule has 1 N–H and O–H groups in total. The van der Waals surface area contributed by atoms with Gasteiger partial charge in [0.15, 0.2) is 0 Å². The standard InChI is InChI=1S/C16H27N3S2/c1-6-7-17-15-8-13(10(2)3)18-16(19-15)14-9-20-11(4)12(5)21-14/h8,10-12,14H,6-7,9H2,1-5H3,(H,17,18,19). The second kappa shape index (κ2) is 7.73. The lowest BCUT2D eigenvalue weighted by atomic mass is 10.1. The number of nitrogens with zero attached hydrogens (tertiary/aromatic N) is 2. The van der Waals surface area contributed by atoms with Crippen LogP contribution in [-0.4, -0.2) is 32.8 Å². The first-order valence-electron chi connectivity index (χ1n) is 7.91. The van der Waals surface area contributed by atoms with E-state index in [4.69, 9.17) is 9.97 Å². The molecule has 118 valence electrons. The summed E-state index contributed by atoms with van der Waals surface area (Å²) in [5.74, 6) is 3.55. The number of nitrogens with one attached hydrogen (secondary N) is 1. The first-order valence-corrected chi connectivity index (χ1v) is 9.90. The molecule has 3 unspecified atom stereocenters. The fraction of sp³-hybridized carbons (Fsp3) is 0.750. The SMILES string of the molecule is CCCNc1cc(C(C)C)nc(C2CSC(C)C(C)S2)n1. The van der Waals surface area contributed by atoms with Gasteiger partial charge in [0.1, 0.15) is 11.6 Å². The Morgan fingerprint density at radius 2 is 2.05 bits per heavy atom. The van der Waals surface area contributed by atoms with Crippen molar-refractivity contribution in [1.29, 1.82) is 0 Å². The van der Waals surface area contributed by atoms with E-state index >= 15 is 0 Å². The topological polar surface area (TPSA) is 37.8 Å². The molecular weight excluding hydrogens is 298 g/mol. The number of thioether (sulfide) groups is 2. The summed E-state index contributed by atoms with van der Waals surface area (Å²) in [6.07, 6.45) is 1.11. The highest BCUT2D eigenvalue weighted by atomic mass is 32.2. The molecule has 2 rings (SSSR count). The predicted octanol–water partition coefficient (Wildman–Crippen LogP) is 4.72. The van der Waals surface area contributed by atoms with Crippen molar-refractivity contribution in [2.24, 2.45) is 0 Å². The summed E-state index contributed by atoms with van der Waals surface area (Å²) >= 11 is 4.07. The molecule has 0 aromatic carbocycles. The molecule has 0 spiro atoms. The highest BCUT2D eigenvalue weighted by Gasteiger charge is 2.29. The Labute approximate surface area is 137 Å². The third kappa shape index (κ3) is 4.52. The van der Waals surface area contributed by atoms with Crippen LogP contribution in [0.5, 0.6) is 0 Å². The zero-order chi connectivity index (χ0) is 15.4.